The zero-order valence-corrected chi connectivity index (χ0v) is 15.7. The number of rotatable bonds is 6. The van der Waals surface area contributed by atoms with Gasteiger partial charge in [0.1, 0.15) is 17.3 Å². The van der Waals surface area contributed by atoms with Crippen LogP contribution in [0.2, 0.25) is 0 Å². The molecule has 136 valence electrons. The summed E-state index contributed by atoms with van der Waals surface area (Å²) in [5, 5.41) is 4.16. The summed E-state index contributed by atoms with van der Waals surface area (Å²) in [5.41, 5.74) is 2.61. The molecule has 2 aromatic carbocycles. The summed E-state index contributed by atoms with van der Waals surface area (Å²) in [4.78, 5) is 0.212. The number of sulfonamides is 1. The Morgan fingerprint density at radius 2 is 1.69 bits per heavy atom. The van der Waals surface area contributed by atoms with Gasteiger partial charge < -0.3 is 4.74 Å². The van der Waals surface area contributed by atoms with Crippen molar-refractivity contribution in [2.45, 2.75) is 25.3 Å². The summed E-state index contributed by atoms with van der Waals surface area (Å²) in [5.74, 6) is 0.672. The van der Waals surface area contributed by atoms with Gasteiger partial charge in [-0.2, -0.15) is 5.10 Å². The molecule has 1 heterocycles. The molecule has 1 aromatic heterocycles. The molecular weight excluding hydrogens is 350 g/mol. The molecule has 0 atom stereocenters. The van der Waals surface area contributed by atoms with Crippen LogP contribution >= 0.6 is 0 Å². The van der Waals surface area contributed by atoms with E-state index in [1.165, 1.54) is 0 Å². The summed E-state index contributed by atoms with van der Waals surface area (Å²) >= 11 is 0. The van der Waals surface area contributed by atoms with Crippen LogP contribution in [-0.4, -0.2) is 18.2 Å². The maximum absolute atomic E-state index is 12.7. The fourth-order valence-electron chi connectivity index (χ4n) is 2.71. The van der Waals surface area contributed by atoms with Gasteiger partial charge in [0, 0.05) is 12.7 Å². The Hall–Kier alpha value is -2.80. The third-order valence-corrected chi connectivity index (χ3v) is 5.70. The third kappa shape index (κ3) is 3.88. The minimum atomic E-state index is -3.70. The quantitative estimate of drug-likeness (QED) is 0.721. The topological polar surface area (TPSA) is 73.2 Å². The number of aryl methyl sites for hydroxylation is 2. The molecule has 0 spiro atoms. The monoisotopic (exact) mass is 371 g/mol. The summed E-state index contributed by atoms with van der Waals surface area (Å²) in [6.45, 7) is 3.87. The van der Waals surface area contributed by atoms with Crippen LogP contribution in [0, 0.1) is 13.8 Å². The highest BCUT2D eigenvalue weighted by atomic mass is 32.2. The lowest BCUT2D eigenvalue weighted by Gasteiger charge is -2.10. The Morgan fingerprint density at radius 3 is 2.27 bits per heavy atom. The van der Waals surface area contributed by atoms with E-state index in [1.54, 1.807) is 49.8 Å². The average molecular weight is 371 g/mol. The van der Waals surface area contributed by atoms with Crippen LogP contribution in [0.1, 0.15) is 17.0 Å². The Bertz CT molecular complexity index is 995. The standard InChI is InChI=1S/C19H21N3O3S/c1-14-19(15(2)22(3)20-14)26(23,24)21-17-9-11-18(12-10-17)25-13-16-7-5-4-6-8-16/h4-12,21H,13H2,1-3H3. The van der Waals surface area contributed by atoms with Gasteiger partial charge in [0.15, 0.2) is 0 Å². The minimum absolute atomic E-state index is 0.212. The molecule has 0 bridgehead atoms. The smallest absolute Gasteiger partial charge is 0.265 e. The summed E-state index contributed by atoms with van der Waals surface area (Å²) < 4.78 is 35.2. The van der Waals surface area contributed by atoms with Crippen LogP contribution in [0.3, 0.4) is 0 Å². The molecule has 0 aliphatic carbocycles. The van der Waals surface area contributed by atoms with Gasteiger partial charge in [-0.1, -0.05) is 30.3 Å². The van der Waals surface area contributed by atoms with E-state index in [9.17, 15) is 8.42 Å². The Balaban J connectivity index is 1.71. The van der Waals surface area contributed by atoms with Crippen molar-refractivity contribution in [3.8, 4) is 5.75 Å². The molecule has 0 amide bonds. The second kappa shape index (κ2) is 7.21. The molecule has 3 aromatic rings. The molecule has 0 unspecified atom stereocenters. The molecule has 0 aliphatic rings. The van der Waals surface area contributed by atoms with Crippen LogP contribution < -0.4 is 9.46 Å². The van der Waals surface area contributed by atoms with Crippen molar-refractivity contribution in [2.24, 2.45) is 7.05 Å². The van der Waals surface area contributed by atoms with E-state index in [1.807, 2.05) is 30.3 Å². The summed E-state index contributed by atoms with van der Waals surface area (Å²) in [6.07, 6.45) is 0. The number of hydrogen-bond acceptors (Lipinski definition) is 4. The first kappa shape index (κ1) is 18.0. The predicted molar refractivity (Wildman–Crippen MR) is 101 cm³/mol. The van der Waals surface area contributed by atoms with Crippen molar-refractivity contribution >= 4 is 15.7 Å². The number of aromatic nitrogens is 2. The lowest BCUT2D eigenvalue weighted by atomic mass is 10.2. The van der Waals surface area contributed by atoms with E-state index in [0.717, 1.165) is 5.56 Å². The first-order chi connectivity index (χ1) is 12.4. The minimum Gasteiger partial charge on any atom is -0.489 e. The Morgan fingerprint density at radius 1 is 1.04 bits per heavy atom. The van der Waals surface area contributed by atoms with Crippen LogP contribution in [0.25, 0.3) is 0 Å². The normalized spacial score (nSPS) is 11.3. The van der Waals surface area contributed by atoms with Gasteiger partial charge in [-0.25, -0.2) is 8.42 Å². The molecule has 26 heavy (non-hydrogen) atoms. The van der Waals surface area contributed by atoms with Crippen LogP contribution in [0.4, 0.5) is 5.69 Å². The van der Waals surface area contributed by atoms with Crippen LogP contribution in [0.15, 0.2) is 59.5 Å². The Labute approximate surface area is 153 Å². The van der Waals surface area contributed by atoms with Crippen molar-refractivity contribution < 1.29 is 13.2 Å². The zero-order chi connectivity index (χ0) is 18.7. The molecule has 7 heteroatoms. The van der Waals surface area contributed by atoms with Crippen LogP contribution in [0.5, 0.6) is 5.75 Å². The molecule has 0 fully saturated rings. The van der Waals surface area contributed by atoms with Crippen molar-refractivity contribution in [1.82, 2.24) is 9.78 Å². The molecule has 0 aliphatic heterocycles. The third-order valence-electron chi connectivity index (χ3n) is 4.07. The number of hydrogen-bond donors (Lipinski definition) is 1. The highest BCUT2D eigenvalue weighted by Crippen LogP contribution is 2.23. The van der Waals surface area contributed by atoms with E-state index in [0.29, 0.717) is 29.4 Å². The number of nitrogens with zero attached hydrogens (tertiary/aromatic N) is 2. The zero-order valence-electron chi connectivity index (χ0n) is 14.9. The highest BCUT2D eigenvalue weighted by Gasteiger charge is 2.23. The fraction of sp³-hybridized carbons (Fsp3) is 0.211. The number of benzene rings is 2. The molecule has 6 nitrogen and oxygen atoms in total. The first-order valence-electron chi connectivity index (χ1n) is 8.16. The van der Waals surface area contributed by atoms with Crippen molar-refractivity contribution in [1.29, 1.82) is 0 Å². The van der Waals surface area contributed by atoms with Gasteiger partial charge in [0.05, 0.1) is 11.4 Å². The van der Waals surface area contributed by atoms with E-state index in [4.69, 9.17) is 4.74 Å². The summed E-state index contributed by atoms with van der Waals surface area (Å²) in [6, 6.07) is 16.7. The maximum Gasteiger partial charge on any atom is 0.265 e. The van der Waals surface area contributed by atoms with Crippen LogP contribution in [-0.2, 0) is 23.7 Å². The van der Waals surface area contributed by atoms with Crippen molar-refractivity contribution in [2.75, 3.05) is 4.72 Å². The highest BCUT2D eigenvalue weighted by molar-refractivity contribution is 7.92. The predicted octanol–water partition coefficient (Wildman–Crippen LogP) is 3.42. The Kier molecular flexibility index (Phi) is 4.99. The van der Waals surface area contributed by atoms with Crippen molar-refractivity contribution in [3.05, 3.63) is 71.5 Å². The van der Waals surface area contributed by atoms with Gasteiger partial charge in [-0.05, 0) is 43.7 Å². The number of anilines is 1. The SMILES string of the molecule is Cc1nn(C)c(C)c1S(=O)(=O)Nc1ccc(OCc2ccccc2)cc1. The van der Waals surface area contributed by atoms with Gasteiger partial charge in [0.2, 0.25) is 0 Å². The summed E-state index contributed by atoms with van der Waals surface area (Å²) in [7, 11) is -1.97. The lowest BCUT2D eigenvalue weighted by Crippen LogP contribution is -2.14. The van der Waals surface area contributed by atoms with Gasteiger partial charge in [-0.15, -0.1) is 0 Å². The van der Waals surface area contributed by atoms with Gasteiger partial charge in [0.25, 0.3) is 10.0 Å². The molecule has 0 radical (unpaired) electrons. The second-order valence-electron chi connectivity index (χ2n) is 6.03. The average Bonchev–Trinajstić information content (AvgIpc) is 2.87. The second-order valence-corrected chi connectivity index (χ2v) is 7.65. The van der Waals surface area contributed by atoms with Gasteiger partial charge in [-0.3, -0.25) is 9.40 Å². The van der Waals surface area contributed by atoms with E-state index < -0.39 is 10.0 Å². The molecule has 0 saturated carbocycles. The largest absolute Gasteiger partial charge is 0.489 e. The van der Waals surface area contributed by atoms with Crippen molar-refractivity contribution in [3.63, 3.8) is 0 Å². The lowest BCUT2D eigenvalue weighted by molar-refractivity contribution is 0.306. The molecule has 3 rings (SSSR count). The van der Waals surface area contributed by atoms with E-state index in [2.05, 4.69) is 9.82 Å². The number of nitrogens with one attached hydrogen (secondary N) is 1. The molecule has 1 N–H and O–H groups in total. The molecule has 0 saturated heterocycles. The fourth-order valence-corrected chi connectivity index (χ4v) is 4.21. The van der Waals surface area contributed by atoms with E-state index >= 15 is 0 Å². The number of ether oxygens (including phenoxy) is 1. The van der Waals surface area contributed by atoms with E-state index in [-0.39, 0.29) is 4.90 Å². The molecular formula is C19H21N3O3S. The first-order valence-corrected chi connectivity index (χ1v) is 9.65. The van der Waals surface area contributed by atoms with Gasteiger partial charge >= 0.3 is 0 Å². The maximum atomic E-state index is 12.7.